The molecular weight excluding hydrogens is 454 g/mol. The van der Waals surface area contributed by atoms with Crippen LogP contribution in [-0.2, 0) is 22.4 Å². The first-order valence-corrected chi connectivity index (χ1v) is 12.5. The van der Waals surface area contributed by atoms with Crippen LogP contribution >= 0.6 is 0 Å². The lowest BCUT2D eigenvalue weighted by atomic mass is 9.75. The molecule has 188 valence electrons. The maximum absolute atomic E-state index is 13.2. The number of H-pyrrole nitrogens is 1. The molecule has 2 aromatic carbocycles. The Morgan fingerprint density at radius 3 is 2.64 bits per heavy atom. The standard InChI is InChI=1S/C30H33NO5/c1-36-30-18-21(10-14-28(30)34)9-11-23(33)19-29(35)26-12-13-27-25(15-16-31-27)24(26)8-3-2-5-20-6-4-7-22(32)17-20/h4,6-7,10,12-18,24,26,31-32,34H,2-3,5,8-9,11,19H2,1H3. The number of phenolic OH excluding ortho intramolecular Hbond substituents is 2. The van der Waals surface area contributed by atoms with E-state index in [1.165, 1.54) is 7.11 Å². The summed E-state index contributed by atoms with van der Waals surface area (Å²) in [5.41, 5.74) is 4.15. The van der Waals surface area contributed by atoms with Gasteiger partial charge < -0.3 is 19.9 Å². The molecule has 6 nitrogen and oxygen atoms in total. The van der Waals surface area contributed by atoms with Crippen LogP contribution in [0.1, 0.15) is 60.4 Å². The summed E-state index contributed by atoms with van der Waals surface area (Å²) in [7, 11) is 1.49. The van der Waals surface area contributed by atoms with E-state index < -0.39 is 0 Å². The maximum atomic E-state index is 13.2. The van der Waals surface area contributed by atoms with Gasteiger partial charge >= 0.3 is 0 Å². The lowest BCUT2D eigenvalue weighted by molar-refractivity contribution is -0.128. The Hall–Kier alpha value is -3.80. The fourth-order valence-corrected chi connectivity index (χ4v) is 5.02. The number of unbranched alkanes of at least 4 members (excludes halogenated alkanes) is 1. The summed E-state index contributed by atoms with van der Waals surface area (Å²) < 4.78 is 5.13. The summed E-state index contributed by atoms with van der Waals surface area (Å²) in [6.45, 7) is 0. The van der Waals surface area contributed by atoms with Crippen LogP contribution in [0.5, 0.6) is 17.2 Å². The lowest BCUT2D eigenvalue weighted by Crippen LogP contribution is -2.25. The van der Waals surface area contributed by atoms with Gasteiger partial charge in [-0.2, -0.15) is 0 Å². The van der Waals surface area contributed by atoms with E-state index in [2.05, 4.69) is 4.98 Å². The smallest absolute Gasteiger partial charge is 0.160 e. The third-order valence-corrected chi connectivity index (χ3v) is 6.94. The number of phenols is 2. The van der Waals surface area contributed by atoms with Crippen LogP contribution < -0.4 is 4.74 Å². The van der Waals surface area contributed by atoms with Crippen LogP contribution in [-0.4, -0.2) is 33.9 Å². The number of aromatic nitrogens is 1. The second kappa shape index (κ2) is 11.8. The van der Waals surface area contributed by atoms with Crippen LogP contribution in [0.4, 0.5) is 0 Å². The number of hydrogen-bond donors (Lipinski definition) is 3. The molecule has 0 bridgehead atoms. The quantitative estimate of drug-likeness (QED) is 0.224. The first-order valence-electron chi connectivity index (χ1n) is 12.5. The van der Waals surface area contributed by atoms with Crippen molar-refractivity contribution in [3.8, 4) is 17.2 Å². The zero-order valence-electron chi connectivity index (χ0n) is 20.6. The predicted molar refractivity (Wildman–Crippen MR) is 139 cm³/mol. The van der Waals surface area contributed by atoms with Crippen molar-refractivity contribution in [1.82, 2.24) is 4.98 Å². The molecule has 2 unspecified atom stereocenters. The van der Waals surface area contributed by atoms with Crippen LogP contribution in [0.15, 0.2) is 60.8 Å². The highest BCUT2D eigenvalue weighted by atomic mass is 16.5. The third-order valence-electron chi connectivity index (χ3n) is 6.94. The average Bonchev–Trinajstić information content (AvgIpc) is 3.35. The number of aryl methyl sites for hydroxylation is 2. The molecular formula is C30H33NO5. The molecule has 0 spiro atoms. The maximum Gasteiger partial charge on any atom is 0.160 e. The van der Waals surface area contributed by atoms with E-state index in [4.69, 9.17) is 4.74 Å². The lowest BCUT2D eigenvalue weighted by Gasteiger charge is -2.27. The molecule has 1 aliphatic rings. The van der Waals surface area contributed by atoms with E-state index in [1.54, 1.807) is 30.3 Å². The molecule has 0 aliphatic heterocycles. The van der Waals surface area contributed by atoms with Crippen molar-refractivity contribution in [3.05, 3.63) is 83.2 Å². The Bertz CT molecular complexity index is 1240. The first kappa shape index (κ1) is 25.3. The Morgan fingerprint density at radius 1 is 1.00 bits per heavy atom. The number of rotatable bonds is 12. The monoisotopic (exact) mass is 487 g/mol. The van der Waals surface area contributed by atoms with Crippen molar-refractivity contribution in [2.24, 2.45) is 5.92 Å². The molecule has 1 aromatic heterocycles. The van der Waals surface area contributed by atoms with Gasteiger partial charge in [0.05, 0.1) is 13.5 Å². The van der Waals surface area contributed by atoms with Gasteiger partial charge in [-0.3, -0.25) is 9.59 Å². The minimum atomic E-state index is -0.313. The van der Waals surface area contributed by atoms with Crippen molar-refractivity contribution in [1.29, 1.82) is 0 Å². The largest absolute Gasteiger partial charge is 0.508 e. The predicted octanol–water partition coefficient (Wildman–Crippen LogP) is 5.74. The number of nitrogens with one attached hydrogen (secondary N) is 1. The summed E-state index contributed by atoms with van der Waals surface area (Å²) in [4.78, 5) is 29.2. The van der Waals surface area contributed by atoms with Crippen LogP contribution in [0.2, 0.25) is 0 Å². The number of fused-ring (bicyclic) bond motifs is 1. The van der Waals surface area contributed by atoms with Gasteiger partial charge in [-0.05, 0) is 84.7 Å². The molecule has 0 amide bonds. The highest BCUT2D eigenvalue weighted by molar-refractivity contribution is 6.01. The summed E-state index contributed by atoms with van der Waals surface area (Å²) in [6.07, 6.45) is 10.1. The number of hydrogen-bond acceptors (Lipinski definition) is 5. The first-order chi connectivity index (χ1) is 17.4. The van der Waals surface area contributed by atoms with Gasteiger partial charge in [-0.25, -0.2) is 0 Å². The Kier molecular flexibility index (Phi) is 8.26. The Balaban J connectivity index is 1.33. The molecule has 0 radical (unpaired) electrons. The topological polar surface area (TPSA) is 99.6 Å². The molecule has 0 saturated carbocycles. The number of benzene rings is 2. The van der Waals surface area contributed by atoms with Crippen molar-refractivity contribution in [3.63, 3.8) is 0 Å². The molecule has 0 saturated heterocycles. The van der Waals surface area contributed by atoms with Gasteiger partial charge in [0, 0.05) is 24.2 Å². The van der Waals surface area contributed by atoms with Crippen molar-refractivity contribution < 1.29 is 24.5 Å². The SMILES string of the molecule is COc1cc(CCC(=O)CC(=O)C2C=Cc3[nH]ccc3C2CCCCc2cccc(O)c2)ccc1O. The highest BCUT2D eigenvalue weighted by Crippen LogP contribution is 2.38. The zero-order chi connectivity index (χ0) is 25.5. The number of carbonyl (C=O) groups excluding carboxylic acids is 2. The number of allylic oxidation sites excluding steroid dienone is 1. The van der Waals surface area contributed by atoms with E-state index in [0.29, 0.717) is 12.2 Å². The summed E-state index contributed by atoms with van der Waals surface area (Å²) >= 11 is 0. The van der Waals surface area contributed by atoms with E-state index in [-0.39, 0.29) is 47.7 Å². The molecule has 1 aliphatic carbocycles. The number of aromatic amines is 1. The molecule has 6 heteroatoms. The molecule has 3 aromatic rings. The fraction of sp³-hybridized carbons (Fsp3) is 0.333. The number of ketones is 2. The third kappa shape index (κ3) is 6.25. The Labute approximate surface area is 211 Å². The summed E-state index contributed by atoms with van der Waals surface area (Å²) in [5.74, 6) is 0.324. The van der Waals surface area contributed by atoms with E-state index >= 15 is 0 Å². The van der Waals surface area contributed by atoms with Gasteiger partial charge in [-0.15, -0.1) is 0 Å². The number of Topliss-reactive ketones (excluding diaryl/α,β-unsaturated/α-hetero) is 2. The second-order valence-electron chi connectivity index (χ2n) is 9.44. The van der Waals surface area contributed by atoms with Crippen LogP contribution in [0.3, 0.4) is 0 Å². The van der Waals surface area contributed by atoms with Gasteiger partial charge in [0.2, 0.25) is 0 Å². The molecule has 0 fully saturated rings. The van der Waals surface area contributed by atoms with E-state index in [0.717, 1.165) is 48.1 Å². The van der Waals surface area contributed by atoms with Crippen LogP contribution in [0.25, 0.3) is 6.08 Å². The highest BCUT2D eigenvalue weighted by Gasteiger charge is 2.32. The fourth-order valence-electron chi connectivity index (χ4n) is 5.02. The number of ether oxygens (including phenoxy) is 1. The minimum Gasteiger partial charge on any atom is -0.508 e. The van der Waals surface area contributed by atoms with Crippen LogP contribution in [0, 0.1) is 5.92 Å². The molecule has 3 N–H and O–H groups in total. The zero-order valence-corrected chi connectivity index (χ0v) is 20.6. The van der Waals surface area contributed by atoms with Gasteiger partial charge in [-0.1, -0.05) is 30.7 Å². The Morgan fingerprint density at radius 2 is 1.83 bits per heavy atom. The van der Waals surface area contributed by atoms with Crippen molar-refractivity contribution in [2.75, 3.05) is 7.11 Å². The van der Waals surface area contributed by atoms with Gasteiger partial charge in [0.1, 0.15) is 17.3 Å². The number of methoxy groups -OCH3 is 1. The van der Waals surface area contributed by atoms with E-state index in [1.807, 2.05) is 36.5 Å². The number of aromatic hydroxyl groups is 2. The minimum absolute atomic E-state index is 0.0376. The van der Waals surface area contributed by atoms with Gasteiger partial charge in [0.15, 0.2) is 11.5 Å². The summed E-state index contributed by atoms with van der Waals surface area (Å²) in [6, 6.07) is 14.4. The van der Waals surface area contributed by atoms with Crippen molar-refractivity contribution >= 4 is 17.6 Å². The molecule has 1 heterocycles. The van der Waals surface area contributed by atoms with Crippen molar-refractivity contribution in [2.45, 2.75) is 50.9 Å². The van der Waals surface area contributed by atoms with E-state index in [9.17, 15) is 19.8 Å². The normalized spacial score (nSPS) is 16.5. The second-order valence-corrected chi connectivity index (χ2v) is 9.44. The summed E-state index contributed by atoms with van der Waals surface area (Å²) in [5, 5.41) is 19.4. The molecule has 4 rings (SSSR count). The number of carbonyl (C=O) groups is 2. The average molecular weight is 488 g/mol. The molecule has 36 heavy (non-hydrogen) atoms. The van der Waals surface area contributed by atoms with Gasteiger partial charge in [0.25, 0.3) is 0 Å². The molecule has 2 atom stereocenters.